The predicted octanol–water partition coefficient (Wildman–Crippen LogP) is 1.94. The summed E-state index contributed by atoms with van der Waals surface area (Å²) in [4.78, 5) is 25.2. The Balaban J connectivity index is 2.55. The number of amides is 2. The highest BCUT2D eigenvalue weighted by atomic mass is 35.5. The molecule has 0 saturated heterocycles. The van der Waals surface area contributed by atoms with Gasteiger partial charge in [0.15, 0.2) is 0 Å². The fourth-order valence-corrected chi connectivity index (χ4v) is 2.49. The number of nitrogens with zero attached hydrogens (tertiary/aromatic N) is 1. The first-order chi connectivity index (χ1) is 7.89. The molecule has 1 atom stereocenters. The lowest BCUT2D eigenvalue weighted by Gasteiger charge is -2.25. The molecule has 2 amide bonds. The predicted molar refractivity (Wildman–Crippen MR) is 72.7 cm³/mol. The van der Waals surface area contributed by atoms with Crippen LogP contribution >= 0.6 is 23.2 Å². The minimum atomic E-state index is -1.00. The molecule has 1 saturated carbocycles. The summed E-state index contributed by atoms with van der Waals surface area (Å²) in [6, 6.07) is 0. The van der Waals surface area contributed by atoms with Crippen molar-refractivity contribution in [3.8, 4) is 0 Å². The Morgan fingerprint density at radius 2 is 1.78 bits per heavy atom. The molecule has 6 heteroatoms. The lowest BCUT2D eigenvalue weighted by atomic mass is 10.1. The first kappa shape index (κ1) is 15.6. The first-order valence-corrected chi connectivity index (χ1v) is 6.59. The van der Waals surface area contributed by atoms with Crippen LogP contribution in [0.2, 0.25) is 0 Å². The normalized spacial score (nSPS) is 25.5. The van der Waals surface area contributed by atoms with E-state index >= 15 is 0 Å². The van der Waals surface area contributed by atoms with Gasteiger partial charge in [-0.25, -0.2) is 0 Å². The van der Waals surface area contributed by atoms with Crippen molar-refractivity contribution in [2.45, 2.75) is 44.0 Å². The van der Waals surface area contributed by atoms with Crippen LogP contribution in [-0.4, -0.2) is 40.2 Å². The Kier molecular flexibility index (Phi) is 3.95. The van der Waals surface area contributed by atoms with Crippen LogP contribution in [-0.2, 0) is 9.59 Å². The summed E-state index contributed by atoms with van der Waals surface area (Å²) < 4.78 is -1.00. The standard InChI is InChI=1S/C12H20Cl2N2O2/c1-10(2,3)15-8(17)6-16(5)9(18)11(4)7-12(11,13)14/h6-7H2,1-5H3,(H,15,17). The maximum absolute atomic E-state index is 12.1. The zero-order valence-corrected chi connectivity index (χ0v) is 12.9. The van der Waals surface area contributed by atoms with Gasteiger partial charge in [0.2, 0.25) is 11.8 Å². The number of rotatable bonds is 3. The van der Waals surface area contributed by atoms with E-state index in [1.165, 1.54) is 4.90 Å². The van der Waals surface area contributed by atoms with Crippen LogP contribution in [0.4, 0.5) is 0 Å². The molecule has 1 aliphatic carbocycles. The molecule has 0 aromatic carbocycles. The van der Waals surface area contributed by atoms with Gasteiger partial charge in [-0.05, 0) is 34.1 Å². The van der Waals surface area contributed by atoms with Crippen LogP contribution in [0.5, 0.6) is 0 Å². The van der Waals surface area contributed by atoms with Gasteiger partial charge in [-0.2, -0.15) is 0 Å². The Morgan fingerprint density at radius 3 is 2.11 bits per heavy atom. The Hall–Kier alpha value is -0.480. The largest absolute Gasteiger partial charge is 0.350 e. The third-order valence-corrected chi connectivity index (χ3v) is 4.07. The van der Waals surface area contributed by atoms with E-state index in [2.05, 4.69) is 5.32 Å². The van der Waals surface area contributed by atoms with Gasteiger partial charge in [-0.3, -0.25) is 9.59 Å². The van der Waals surface area contributed by atoms with Crippen LogP contribution in [0.15, 0.2) is 0 Å². The van der Waals surface area contributed by atoms with Crippen molar-refractivity contribution < 1.29 is 9.59 Å². The summed E-state index contributed by atoms with van der Waals surface area (Å²) in [6.07, 6.45) is 0.424. The van der Waals surface area contributed by atoms with Crippen LogP contribution in [0.1, 0.15) is 34.1 Å². The van der Waals surface area contributed by atoms with Crippen molar-refractivity contribution in [2.75, 3.05) is 13.6 Å². The zero-order chi connectivity index (χ0) is 14.4. The molecular formula is C12H20Cl2N2O2. The van der Waals surface area contributed by atoms with Crippen molar-refractivity contribution in [1.29, 1.82) is 0 Å². The Bertz CT molecular complexity index is 377. The van der Waals surface area contributed by atoms with Crippen LogP contribution in [0.3, 0.4) is 0 Å². The van der Waals surface area contributed by atoms with Crippen LogP contribution in [0, 0.1) is 5.41 Å². The lowest BCUT2D eigenvalue weighted by molar-refractivity contribution is -0.139. The minimum absolute atomic E-state index is 0.00948. The molecule has 1 unspecified atom stereocenters. The third kappa shape index (κ3) is 3.29. The summed E-state index contributed by atoms with van der Waals surface area (Å²) >= 11 is 11.9. The smallest absolute Gasteiger partial charge is 0.240 e. The second-order valence-electron chi connectivity index (χ2n) is 6.17. The number of halogens is 2. The van der Waals surface area contributed by atoms with Crippen molar-refractivity contribution in [2.24, 2.45) is 5.41 Å². The maximum atomic E-state index is 12.1. The molecule has 0 heterocycles. The Labute approximate surface area is 118 Å². The monoisotopic (exact) mass is 294 g/mol. The summed E-state index contributed by atoms with van der Waals surface area (Å²) in [5, 5.41) is 2.80. The van der Waals surface area contributed by atoms with Crippen molar-refractivity contribution in [3.63, 3.8) is 0 Å². The molecule has 0 aliphatic heterocycles. The SMILES string of the molecule is CN(CC(=O)NC(C)(C)C)C(=O)C1(C)CC1(Cl)Cl. The van der Waals surface area contributed by atoms with E-state index in [0.717, 1.165) is 0 Å². The minimum Gasteiger partial charge on any atom is -0.350 e. The van der Waals surface area contributed by atoms with Gasteiger partial charge >= 0.3 is 0 Å². The molecule has 4 nitrogen and oxygen atoms in total. The highest BCUT2D eigenvalue weighted by Gasteiger charge is 2.68. The topological polar surface area (TPSA) is 49.4 Å². The van der Waals surface area contributed by atoms with E-state index in [-0.39, 0.29) is 23.9 Å². The summed E-state index contributed by atoms with van der Waals surface area (Å²) in [7, 11) is 1.58. The fourth-order valence-electron chi connectivity index (χ4n) is 1.80. The van der Waals surface area contributed by atoms with Gasteiger partial charge in [-0.1, -0.05) is 0 Å². The van der Waals surface area contributed by atoms with Gasteiger partial charge in [0.05, 0.1) is 12.0 Å². The van der Waals surface area contributed by atoms with E-state index in [0.29, 0.717) is 6.42 Å². The molecule has 1 aliphatic rings. The molecule has 0 bridgehead atoms. The molecule has 1 fully saturated rings. The molecule has 0 aromatic rings. The van der Waals surface area contributed by atoms with Gasteiger partial charge in [0.1, 0.15) is 4.33 Å². The summed E-state index contributed by atoms with van der Waals surface area (Å²) in [5.41, 5.74) is -1.08. The van der Waals surface area contributed by atoms with Gasteiger partial charge in [-0.15, -0.1) is 23.2 Å². The van der Waals surface area contributed by atoms with E-state index < -0.39 is 9.75 Å². The van der Waals surface area contributed by atoms with E-state index in [1.807, 2.05) is 20.8 Å². The van der Waals surface area contributed by atoms with Crippen molar-refractivity contribution in [3.05, 3.63) is 0 Å². The number of carbonyl (C=O) groups is 2. The molecule has 0 aromatic heterocycles. The number of alkyl halides is 2. The second kappa shape index (κ2) is 4.57. The summed E-state index contributed by atoms with van der Waals surface area (Å²) in [6.45, 7) is 7.38. The maximum Gasteiger partial charge on any atom is 0.240 e. The quantitative estimate of drug-likeness (QED) is 0.809. The number of nitrogens with one attached hydrogen (secondary N) is 1. The van der Waals surface area contributed by atoms with Crippen LogP contribution in [0.25, 0.3) is 0 Å². The number of hydrogen-bond donors (Lipinski definition) is 1. The van der Waals surface area contributed by atoms with Gasteiger partial charge in [0.25, 0.3) is 0 Å². The second-order valence-corrected chi connectivity index (χ2v) is 7.66. The Morgan fingerprint density at radius 1 is 1.33 bits per heavy atom. The molecule has 18 heavy (non-hydrogen) atoms. The fraction of sp³-hybridized carbons (Fsp3) is 0.833. The van der Waals surface area contributed by atoms with E-state index in [4.69, 9.17) is 23.2 Å². The lowest BCUT2D eigenvalue weighted by Crippen LogP contribution is -2.47. The van der Waals surface area contributed by atoms with E-state index in [9.17, 15) is 9.59 Å². The highest BCUT2D eigenvalue weighted by Crippen LogP contribution is 2.64. The van der Waals surface area contributed by atoms with Crippen molar-refractivity contribution in [1.82, 2.24) is 10.2 Å². The van der Waals surface area contributed by atoms with E-state index in [1.54, 1.807) is 14.0 Å². The van der Waals surface area contributed by atoms with Gasteiger partial charge in [0, 0.05) is 12.6 Å². The average Bonchev–Trinajstić information content (AvgIpc) is 2.62. The number of hydrogen-bond acceptors (Lipinski definition) is 2. The van der Waals surface area contributed by atoms with Gasteiger partial charge < -0.3 is 10.2 Å². The number of carbonyl (C=O) groups excluding carboxylic acids is 2. The molecule has 0 radical (unpaired) electrons. The average molecular weight is 295 g/mol. The zero-order valence-electron chi connectivity index (χ0n) is 11.4. The molecule has 104 valence electrons. The molecule has 1 rings (SSSR count). The highest BCUT2D eigenvalue weighted by molar-refractivity contribution is 6.53. The van der Waals surface area contributed by atoms with Crippen molar-refractivity contribution >= 4 is 35.0 Å². The third-order valence-electron chi connectivity index (χ3n) is 2.97. The van der Waals surface area contributed by atoms with Crippen LogP contribution < -0.4 is 5.32 Å². The molecular weight excluding hydrogens is 275 g/mol. The first-order valence-electron chi connectivity index (χ1n) is 5.83. The molecule has 1 N–H and O–H groups in total. The number of likely N-dealkylation sites (N-methyl/N-ethyl adjacent to an activating group) is 1. The molecule has 0 spiro atoms. The summed E-state index contributed by atoms with van der Waals surface area (Å²) in [5.74, 6) is -0.395.